The summed E-state index contributed by atoms with van der Waals surface area (Å²) in [6.07, 6.45) is 2.76. The van der Waals surface area contributed by atoms with Crippen molar-refractivity contribution in [3.05, 3.63) is 36.9 Å². The summed E-state index contributed by atoms with van der Waals surface area (Å²) in [5, 5.41) is 3.15. The van der Waals surface area contributed by atoms with Crippen LogP contribution in [0.1, 0.15) is 20.8 Å². The molecule has 0 bridgehead atoms. The quantitative estimate of drug-likeness (QED) is 0.942. The summed E-state index contributed by atoms with van der Waals surface area (Å²) in [7, 11) is 0. The highest BCUT2D eigenvalue weighted by atomic mass is 79.9. The van der Waals surface area contributed by atoms with Crippen LogP contribution in [-0.2, 0) is 6.42 Å². The number of halogens is 1. The topological polar surface area (TPSA) is 38.9 Å². The van der Waals surface area contributed by atoms with Crippen LogP contribution in [0.2, 0.25) is 0 Å². The zero-order chi connectivity index (χ0) is 10.8. The number of rotatable bonds is 3. The summed E-state index contributed by atoms with van der Waals surface area (Å²) in [4.78, 5) is 6.68. The SMILES string of the molecule is Cc1ncc(C(N)Cc2sccc2Br)s1. The largest absolute Gasteiger partial charge is 0.323 e. The van der Waals surface area contributed by atoms with Crippen molar-refractivity contribution >= 4 is 38.6 Å². The summed E-state index contributed by atoms with van der Waals surface area (Å²) in [6, 6.07) is 2.12. The van der Waals surface area contributed by atoms with E-state index in [2.05, 4.69) is 32.4 Å². The van der Waals surface area contributed by atoms with E-state index in [9.17, 15) is 0 Å². The number of thiazole rings is 1. The maximum Gasteiger partial charge on any atom is 0.0897 e. The predicted molar refractivity (Wildman–Crippen MR) is 69.5 cm³/mol. The summed E-state index contributed by atoms with van der Waals surface area (Å²) < 4.78 is 1.16. The molecule has 0 saturated carbocycles. The molecular formula is C10H11BrN2S2. The van der Waals surface area contributed by atoms with E-state index in [1.54, 1.807) is 22.7 Å². The summed E-state index contributed by atoms with van der Waals surface area (Å²) in [5.41, 5.74) is 6.12. The van der Waals surface area contributed by atoms with Gasteiger partial charge in [-0.15, -0.1) is 22.7 Å². The smallest absolute Gasteiger partial charge is 0.0897 e. The van der Waals surface area contributed by atoms with Gasteiger partial charge < -0.3 is 5.73 Å². The first-order valence-electron chi connectivity index (χ1n) is 4.56. The van der Waals surface area contributed by atoms with Crippen LogP contribution in [0.3, 0.4) is 0 Å². The first-order valence-corrected chi connectivity index (χ1v) is 7.05. The second-order valence-electron chi connectivity index (χ2n) is 3.28. The molecule has 2 nitrogen and oxygen atoms in total. The summed E-state index contributed by atoms with van der Waals surface area (Å²) in [6.45, 7) is 2.00. The van der Waals surface area contributed by atoms with E-state index < -0.39 is 0 Å². The van der Waals surface area contributed by atoms with Gasteiger partial charge in [-0.05, 0) is 34.3 Å². The molecule has 2 N–H and O–H groups in total. The van der Waals surface area contributed by atoms with Gasteiger partial charge in [-0.3, -0.25) is 0 Å². The molecule has 2 rings (SSSR count). The Bertz CT molecular complexity index is 450. The van der Waals surface area contributed by atoms with Crippen molar-refractivity contribution in [1.29, 1.82) is 0 Å². The number of thiophene rings is 1. The van der Waals surface area contributed by atoms with E-state index >= 15 is 0 Å². The molecule has 1 unspecified atom stereocenters. The van der Waals surface area contributed by atoms with Gasteiger partial charge in [-0.2, -0.15) is 0 Å². The minimum absolute atomic E-state index is 0.0613. The van der Waals surface area contributed by atoms with Crippen LogP contribution in [-0.4, -0.2) is 4.98 Å². The molecule has 15 heavy (non-hydrogen) atoms. The Morgan fingerprint density at radius 1 is 1.60 bits per heavy atom. The molecule has 80 valence electrons. The van der Waals surface area contributed by atoms with Gasteiger partial charge in [0.1, 0.15) is 0 Å². The molecule has 0 aliphatic rings. The van der Waals surface area contributed by atoms with E-state index in [-0.39, 0.29) is 6.04 Å². The third-order valence-electron chi connectivity index (χ3n) is 2.10. The van der Waals surface area contributed by atoms with Crippen LogP contribution in [0.15, 0.2) is 22.1 Å². The lowest BCUT2D eigenvalue weighted by Gasteiger charge is -2.07. The van der Waals surface area contributed by atoms with E-state index in [0.29, 0.717) is 0 Å². The Morgan fingerprint density at radius 3 is 2.93 bits per heavy atom. The van der Waals surface area contributed by atoms with Crippen molar-refractivity contribution in [1.82, 2.24) is 4.98 Å². The van der Waals surface area contributed by atoms with Crippen LogP contribution >= 0.6 is 38.6 Å². The Morgan fingerprint density at radius 2 is 2.40 bits per heavy atom. The molecule has 0 aliphatic carbocycles. The highest BCUT2D eigenvalue weighted by Crippen LogP contribution is 2.28. The van der Waals surface area contributed by atoms with E-state index in [1.165, 1.54) is 4.88 Å². The number of hydrogen-bond acceptors (Lipinski definition) is 4. The normalized spacial score (nSPS) is 13.0. The van der Waals surface area contributed by atoms with Crippen molar-refractivity contribution in [2.24, 2.45) is 5.73 Å². The number of hydrogen-bond donors (Lipinski definition) is 1. The van der Waals surface area contributed by atoms with Crippen molar-refractivity contribution in [3.63, 3.8) is 0 Å². The average molecular weight is 303 g/mol. The maximum atomic E-state index is 6.12. The zero-order valence-corrected chi connectivity index (χ0v) is 11.5. The zero-order valence-electron chi connectivity index (χ0n) is 8.24. The average Bonchev–Trinajstić information content (AvgIpc) is 2.77. The van der Waals surface area contributed by atoms with Crippen LogP contribution in [0.25, 0.3) is 0 Å². The molecule has 2 aromatic heterocycles. The fraction of sp³-hybridized carbons (Fsp3) is 0.300. The summed E-state index contributed by atoms with van der Waals surface area (Å²) >= 11 is 6.93. The molecule has 0 radical (unpaired) electrons. The molecular weight excluding hydrogens is 292 g/mol. The van der Waals surface area contributed by atoms with Gasteiger partial charge in [0.2, 0.25) is 0 Å². The maximum absolute atomic E-state index is 6.12. The van der Waals surface area contributed by atoms with Gasteiger partial charge in [0.25, 0.3) is 0 Å². The van der Waals surface area contributed by atoms with E-state index in [4.69, 9.17) is 5.73 Å². The van der Waals surface area contributed by atoms with Gasteiger partial charge >= 0.3 is 0 Å². The lowest BCUT2D eigenvalue weighted by molar-refractivity contribution is 0.741. The van der Waals surface area contributed by atoms with Gasteiger partial charge in [0.05, 0.1) is 5.01 Å². The van der Waals surface area contributed by atoms with Crippen molar-refractivity contribution in [2.45, 2.75) is 19.4 Å². The Hall–Kier alpha value is -0.230. The van der Waals surface area contributed by atoms with Gasteiger partial charge in [-0.1, -0.05) is 0 Å². The van der Waals surface area contributed by atoms with Gasteiger partial charge in [0, 0.05) is 32.9 Å². The third kappa shape index (κ3) is 2.66. The van der Waals surface area contributed by atoms with Crippen molar-refractivity contribution in [3.8, 4) is 0 Å². The van der Waals surface area contributed by atoms with Gasteiger partial charge in [0.15, 0.2) is 0 Å². The molecule has 0 aromatic carbocycles. The molecule has 0 amide bonds. The number of nitrogens with zero attached hydrogens (tertiary/aromatic N) is 1. The first-order chi connectivity index (χ1) is 7.16. The fourth-order valence-corrected chi connectivity index (χ4v) is 3.68. The lowest BCUT2D eigenvalue weighted by Crippen LogP contribution is -2.11. The molecule has 2 aromatic rings. The number of nitrogens with two attached hydrogens (primary N) is 1. The second-order valence-corrected chi connectivity index (χ2v) is 6.41. The predicted octanol–water partition coefficient (Wildman–Crippen LogP) is 3.52. The standard InChI is InChI=1S/C10H11BrN2S2/c1-6-13-5-10(15-6)8(12)4-9-7(11)2-3-14-9/h2-3,5,8H,4,12H2,1H3. The van der Waals surface area contributed by atoms with Crippen LogP contribution in [0.5, 0.6) is 0 Å². The molecule has 0 spiro atoms. The van der Waals surface area contributed by atoms with Gasteiger partial charge in [-0.25, -0.2) is 4.98 Å². The third-order valence-corrected chi connectivity index (χ3v) is 5.09. The lowest BCUT2D eigenvalue weighted by atomic mass is 10.2. The second kappa shape index (κ2) is 4.74. The van der Waals surface area contributed by atoms with Crippen LogP contribution < -0.4 is 5.73 Å². The summed E-state index contributed by atoms with van der Waals surface area (Å²) in [5.74, 6) is 0. The van der Waals surface area contributed by atoms with E-state index in [1.807, 2.05) is 13.1 Å². The minimum Gasteiger partial charge on any atom is -0.323 e. The highest BCUT2D eigenvalue weighted by Gasteiger charge is 2.12. The molecule has 0 fully saturated rings. The van der Waals surface area contributed by atoms with E-state index in [0.717, 1.165) is 20.8 Å². The highest BCUT2D eigenvalue weighted by molar-refractivity contribution is 9.10. The molecule has 5 heteroatoms. The fourth-order valence-electron chi connectivity index (χ4n) is 1.32. The van der Waals surface area contributed by atoms with Crippen LogP contribution in [0.4, 0.5) is 0 Å². The Labute approximate surface area is 105 Å². The number of aryl methyl sites for hydroxylation is 1. The minimum atomic E-state index is 0.0613. The molecule has 0 aliphatic heterocycles. The Balaban J connectivity index is 2.10. The monoisotopic (exact) mass is 302 g/mol. The Kier molecular flexibility index (Phi) is 3.56. The number of aromatic nitrogens is 1. The molecule has 2 heterocycles. The first kappa shape index (κ1) is 11.3. The van der Waals surface area contributed by atoms with Crippen LogP contribution in [0, 0.1) is 6.92 Å². The van der Waals surface area contributed by atoms with Crippen molar-refractivity contribution in [2.75, 3.05) is 0 Å². The molecule has 0 saturated heterocycles. The van der Waals surface area contributed by atoms with Crippen molar-refractivity contribution < 1.29 is 0 Å². The molecule has 1 atom stereocenters.